The van der Waals surface area contributed by atoms with E-state index in [1.165, 1.54) is 0 Å². The summed E-state index contributed by atoms with van der Waals surface area (Å²) in [5, 5.41) is 4.09. The van der Waals surface area contributed by atoms with E-state index in [1.54, 1.807) is 27.5 Å². The van der Waals surface area contributed by atoms with Gasteiger partial charge in [0, 0.05) is 37.8 Å². The topological polar surface area (TPSA) is 60.8 Å². The Balaban J connectivity index is 1.86. The largest absolute Gasteiger partial charge is 0.497 e. The molecule has 162 valence electrons. The third kappa shape index (κ3) is 4.08. The van der Waals surface area contributed by atoms with E-state index in [1.807, 2.05) is 42.5 Å². The van der Waals surface area contributed by atoms with Crippen LogP contribution in [-0.4, -0.2) is 42.6 Å². The number of benzene rings is 1. The summed E-state index contributed by atoms with van der Waals surface area (Å²) in [6.45, 7) is 1.35. The Labute approximate surface area is 187 Å². The summed E-state index contributed by atoms with van der Waals surface area (Å²) < 4.78 is 18.7. The molecule has 8 heteroatoms. The number of rotatable bonds is 8. The van der Waals surface area contributed by atoms with Gasteiger partial charge in [-0.2, -0.15) is 0 Å². The van der Waals surface area contributed by atoms with Crippen molar-refractivity contribution in [3.63, 3.8) is 0 Å². The van der Waals surface area contributed by atoms with E-state index in [9.17, 15) is 0 Å². The molecule has 0 unspecified atom stereocenters. The van der Waals surface area contributed by atoms with Crippen LogP contribution in [-0.2, 0) is 11.3 Å². The summed E-state index contributed by atoms with van der Waals surface area (Å²) >= 11 is 5.83. The second kappa shape index (κ2) is 9.36. The normalized spacial score (nSPS) is 18.2. The highest BCUT2D eigenvalue weighted by molar-refractivity contribution is 7.80. The van der Waals surface area contributed by atoms with Crippen molar-refractivity contribution in [3.8, 4) is 11.5 Å². The SMILES string of the molecule is COCCn1cccc1[C@H]1[C@H](c2ccccn2)NC(=S)N1c1cc(OC)ccc1OC. The zero-order chi connectivity index (χ0) is 21.8. The molecule has 2 aromatic heterocycles. The summed E-state index contributed by atoms with van der Waals surface area (Å²) in [5.41, 5.74) is 2.85. The Morgan fingerprint density at radius 3 is 2.65 bits per heavy atom. The monoisotopic (exact) mass is 438 g/mol. The molecular weight excluding hydrogens is 412 g/mol. The minimum atomic E-state index is -0.143. The number of hydrogen-bond donors (Lipinski definition) is 1. The van der Waals surface area contributed by atoms with E-state index in [4.69, 9.17) is 26.4 Å². The van der Waals surface area contributed by atoms with Crippen molar-refractivity contribution in [2.45, 2.75) is 18.6 Å². The van der Waals surface area contributed by atoms with Crippen LogP contribution in [0.3, 0.4) is 0 Å². The number of hydrogen-bond acceptors (Lipinski definition) is 5. The summed E-state index contributed by atoms with van der Waals surface area (Å²) in [6, 6.07) is 15.5. The Morgan fingerprint density at radius 1 is 1.06 bits per heavy atom. The van der Waals surface area contributed by atoms with E-state index >= 15 is 0 Å². The Bertz CT molecular complexity index is 1040. The summed E-state index contributed by atoms with van der Waals surface area (Å²) in [4.78, 5) is 6.70. The smallest absolute Gasteiger partial charge is 0.174 e. The maximum atomic E-state index is 5.83. The number of nitrogens with zero attached hydrogens (tertiary/aromatic N) is 3. The average Bonchev–Trinajstić information content (AvgIpc) is 3.41. The van der Waals surface area contributed by atoms with Crippen LogP contribution in [0, 0.1) is 0 Å². The predicted molar refractivity (Wildman–Crippen MR) is 124 cm³/mol. The number of pyridine rings is 1. The van der Waals surface area contributed by atoms with Gasteiger partial charge in [0.2, 0.25) is 0 Å². The summed E-state index contributed by atoms with van der Waals surface area (Å²) in [7, 11) is 5.01. The van der Waals surface area contributed by atoms with Crippen LogP contribution >= 0.6 is 12.2 Å². The van der Waals surface area contributed by atoms with Gasteiger partial charge in [-0.25, -0.2) is 0 Å². The second-order valence-electron chi connectivity index (χ2n) is 7.15. The van der Waals surface area contributed by atoms with Gasteiger partial charge in [-0.05, 0) is 48.6 Å². The number of anilines is 1. The van der Waals surface area contributed by atoms with Crippen LogP contribution in [0.5, 0.6) is 11.5 Å². The molecule has 0 spiro atoms. The molecular formula is C23H26N4O3S. The summed E-state index contributed by atoms with van der Waals surface area (Å²) in [5.74, 6) is 1.44. The molecule has 0 bridgehead atoms. The lowest BCUT2D eigenvalue weighted by Crippen LogP contribution is -2.31. The standard InChI is InChI=1S/C23H26N4O3S/c1-28-14-13-26-12-6-8-18(26)22-21(17-7-4-5-11-24-17)25-23(31)27(22)19-15-16(29-2)9-10-20(19)30-3/h4-12,15,21-22H,13-14H2,1-3H3,(H,25,31)/t21-,22-/m0/s1. The van der Waals surface area contributed by atoms with Crippen LogP contribution < -0.4 is 19.7 Å². The lowest BCUT2D eigenvalue weighted by Gasteiger charge is -2.30. The average molecular weight is 439 g/mol. The highest BCUT2D eigenvalue weighted by atomic mass is 32.1. The molecule has 1 saturated heterocycles. The number of methoxy groups -OCH3 is 3. The predicted octanol–water partition coefficient (Wildman–Crippen LogP) is 3.72. The van der Waals surface area contributed by atoms with Gasteiger partial charge in [0.25, 0.3) is 0 Å². The first-order chi connectivity index (χ1) is 15.2. The molecule has 0 amide bonds. The molecule has 3 aromatic rings. The molecule has 1 fully saturated rings. The second-order valence-corrected chi connectivity index (χ2v) is 7.54. The summed E-state index contributed by atoms with van der Waals surface area (Å²) in [6.07, 6.45) is 3.86. The van der Waals surface area contributed by atoms with Crippen molar-refractivity contribution in [3.05, 3.63) is 72.3 Å². The van der Waals surface area contributed by atoms with Crippen molar-refractivity contribution in [1.82, 2.24) is 14.9 Å². The number of ether oxygens (including phenoxy) is 3. The molecule has 0 saturated carbocycles. The van der Waals surface area contributed by atoms with E-state index in [0.29, 0.717) is 17.5 Å². The first kappa shape index (κ1) is 21.1. The third-order valence-corrected chi connectivity index (χ3v) is 5.76. The lowest BCUT2D eigenvalue weighted by molar-refractivity contribution is 0.186. The van der Waals surface area contributed by atoms with E-state index in [0.717, 1.165) is 29.4 Å². The van der Waals surface area contributed by atoms with Crippen LogP contribution in [0.1, 0.15) is 23.5 Å². The fraction of sp³-hybridized carbons (Fsp3) is 0.304. The zero-order valence-electron chi connectivity index (χ0n) is 17.8. The van der Waals surface area contributed by atoms with Crippen LogP contribution in [0.25, 0.3) is 0 Å². The van der Waals surface area contributed by atoms with Crippen molar-refractivity contribution in [2.75, 3.05) is 32.8 Å². The Hall–Kier alpha value is -3.10. The first-order valence-electron chi connectivity index (χ1n) is 10.0. The molecule has 7 nitrogen and oxygen atoms in total. The molecule has 2 atom stereocenters. The molecule has 0 radical (unpaired) electrons. The maximum Gasteiger partial charge on any atom is 0.174 e. The van der Waals surface area contributed by atoms with E-state index < -0.39 is 0 Å². The van der Waals surface area contributed by atoms with Gasteiger partial charge in [0.05, 0.1) is 38.2 Å². The number of nitrogens with one attached hydrogen (secondary N) is 1. The molecule has 4 rings (SSSR count). The fourth-order valence-corrected chi connectivity index (χ4v) is 4.33. The Kier molecular flexibility index (Phi) is 6.39. The van der Waals surface area contributed by atoms with Gasteiger partial charge in [-0.1, -0.05) is 6.07 Å². The first-order valence-corrected chi connectivity index (χ1v) is 10.5. The number of aromatic nitrogens is 2. The van der Waals surface area contributed by atoms with Crippen LogP contribution in [0.2, 0.25) is 0 Å². The minimum absolute atomic E-state index is 0.138. The molecule has 31 heavy (non-hydrogen) atoms. The van der Waals surface area contributed by atoms with Crippen molar-refractivity contribution < 1.29 is 14.2 Å². The third-order valence-electron chi connectivity index (χ3n) is 5.45. The number of thiocarbonyl (C=S) groups is 1. The van der Waals surface area contributed by atoms with Gasteiger partial charge >= 0.3 is 0 Å². The zero-order valence-corrected chi connectivity index (χ0v) is 18.6. The van der Waals surface area contributed by atoms with Crippen molar-refractivity contribution >= 4 is 23.0 Å². The maximum absolute atomic E-state index is 5.83. The highest BCUT2D eigenvalue weighted by Crippen LogP contribution is 2.45. The lowest BCUT2D eigenvalue weighted by atomic mass is 10.0. The van der Waals surface area contributed by atoms with Crippen LogP contribution in [0.4, 0.5) is 5.69 Å². The van der Waals surface area contributed by atoms with Gasteiger partial charge in [-0.15, -0.1) is 0 Å². The fourth-order valence-electron chi connectivity index (χ4n) is 3.99. The molecule has 1 aliphatic heterocycles. The molecule has 3 heterocycles. The van der Waals surface area contributed by atoms with Crippen molar-refractivity contribution in [1.29, 1.82) is 0 Å². The van der Waals surface area contributed by atoms with E-state index in [-0.39, 0.29) is 12.1 Å². The van der Waals surface area contributed by atoms with Crippen LogP contribution in [0.15, 0.2) is 60.9 Å². The quantitative estimate of drug-likeness (QED) is 0.538. The molecule has 1 aromatic carbocycles. The van der Waals surface area contributed by atoms with E-state index in [2.05, 4.69) is 32.0 Å². The van der Waals surface area contributed by atoms with Gasteiger partial charge < -0.3 is 29.0 Å². The van der Waals surface area contributed by atoms with Gasteiger partial charge in [0.1, 0.15) is 17.5 Å². The Morgan fingerprint density at radius 2 is 1.94 bits per heavy atom. The van der Waals surface area contributed by atoms with Gasteiger partial charge in [0.15, 0.2) is 5.11 Å². The van der Waals surface area contributed by atoms with Crippen molar-refractivity contribution in [2.24, 2.45) is 0 Å². The molecule has 1 aliphatic rings. The molecule has 0 aliphatic carbocycles. The highest BCUT2D eigenvalue weighted by Gasteiger charge is 2.43. The van der Waals surface area contributed by atoms with Gasteiger partial charge in [-0.3, -0.25) is 4.98 Å². The minimum Gasteiger partial charge on any atom is -0.497 e. The molecule has 1 N–H and O–H groups in total.